The summed E-state index contributed by atoms with van der Waals surface area (Å²) in [5.74, 6) is -0.531. The predicted octanol–water partition coefficient (Wildman–Crippen LogP) is 3.49. The fourth-order valence-corrected chi connectivity index (χ4v) is 7.20. The first-order chi connectivity index (χ1) is 14.5. The first kappa shape index (κ1) is 22.7. The van der Waals surface area contributed by atoms with Crippen LogP contribution in [0.4, 0.5) is 18.3 Å². The molecule has 0 aliphatic carbocycles. The van der Waals surface area contributed by atoms with Crippen LogP contribution < -0.4 is 4.90 Å². The SMILES string of the molecule is O=C(C1CCS(=O)(=O)CC1)N1CCN(c2nnc(C(F)(F)F)s2)C[C@H]1c1ccc(Cl)s1. The molecule has 7 nitrogen and oxygen atoms in total. The highest BCUT2D eigenvalue weighted by Gasteiger charge is 2.40. The second kappa shape index (κ2) is 8.49. The number of amides is 1. The average Bonchev–Trinajstić information content (AvgIpc) is 3.36. The highest BCUT2D eigenvalue weighted by molar-refractivity contribution is 7.91. The highest BCUT2D eigenvalue weighted by atomic mass is 35.5. The number of thiophene rings is 1. The summed E-state index contributed by atoms with van der Waals surface area (Å²) in [6, 6.07) is 3.09. The van der Waals surface area contributed by atoms with Gasteiger partial charge < -0.3 is 9.80 Å². The Hall–Kier alpha value is -1.44. The molecule has 4 heterocycles. The number of hydrogen-bond donors (Lipinski definition) is 0. The van der Waals surface area contributed by atoms with Gasteiger partial charge >= 0.3 is 6.18 Å². The molecule has 2 aliphatic heterocycles. The lowest BCUT2D eigenvalue weighted by atomic mass is 9.98. The third kappa shape index (κ3) is 4.99. The number of alkyl halides is 3. The lowest BCUT2D eigenvalue weighted by molar-refractivity contribution is -0.139. The number of aromatic nitrogens is 2. The molecule has 4 rings (SSSR count). The maximum Gasteiger partial charge on any atom is 0.445 e. The summed E-state index contributed by atoms with van der Waals surface area (Å²) in [7, 11) is -3.10. The molecular weight excluding hydrogens is 497 g/mol. The standard InChI is InChI=1S/C17H18ClF3N4O3S3/c18-13-2-1-12(29-13)11-9-24(16-23-22-15(30-16)17(19,20)21)5-6-25(11)14(26)10-3-7-31(27,28)8-4-10/h1-2,10-11H,3-9H2/t11-/m0/s1. The van der Waals surface area contributed by atoms with Crippen LogP contribution in [-0.4, -0.2) is 60.6 Å². The quantitative estimate of drug-likeness (QED) is 0.623. The molecule has 14 heteroatoms. The Labute approximate surface area is 189 Å². The Morgan fingerprint density at radius 1 is 1.13 bits per heavy atom. The zero-order valence-electron chi connectivity index (χ0n) is 16.0. The maximum atomic E-state index is 13.2. The topological polar surface area (TPSA) is 83.5 Å². The van der Waals surface area contributed by atoms with E-state index in [1.807, 2.05) is 0 Å². The molecule has 2 aliphatic rings. The Morgan fingerprint density at radius 2 is 1.84 bits per heavy atom. The number of anilines is 1. The van der Waals surface area contributed by atoms with E-state index in [0.29, 0.717) is 22.2 Å². The largest absolute Gasteiger partial charge is 0.445 e. The fourth-order valence-electron chi connectivity index (χ4n) is 3.80. The average molecular weight is 515 g/mol. The van der Waals surface area contributed by atoms with Crippen molar-refractivity contribution in [3.63, 3.8) is 0 Å². The molecule has 0 spiro atoms. The first-order valence-electron chi connectivity index (χ1n) is 9.45. The molecule has 0 aromatic carbocycles. The van der Waals surface area contributed by atoms with Crippen molar-refractivity contribution in [2.24, 2.45) is 5.92 Å². The van der Waals surface area contributed by atoms with Crippen molar-refractivity contribution in [2.75, 3.05) is 36.0 Å². The molecule has 0 unspecified atom stereocenters. The summed E-state index contributed by atoms with van der Waals surface area (Å²) < 4.78 is 62.7. The van der Waals surface area contributed by atoms with E-state index in [1.54, 1.807) is 21.9 Å². The van der Waals surface area contributed by atoms with Crippen LogP contribution in [0.2, 0.25) is 4.34 Å². The van der Waals surface area contributed by atoms with E-state index < -0.39 is 27.1 Å². The summed E-state index contributed by atoms with van der Waals surface area (Å²) in [5, 5.41) is 6.08. The van der Waals surface area contributed by atoms with Gasteiger partial charge in [0.15, 0.2) is 0 Å². The number of rotatable bonds is 3. The van der Waals surface area contributed by atoms with E-state index in [9.17, 15) is 26.4 Å². The van der Waals surface area contributed by atoms with Crippen LogP contribution in [0.5, 0.6) is 0 Å². The first-order valence-corrected chi connectivity index (χ1v) is 13.3. The smallest absolute Gasteiger partial charge is 0.342 e. The van der Waals surface area contributed by atoms with E-state index in [1.165, 1.54) is 11.3 Å². The third-order valence-corrected chi connectivity index (χ3v) is 9.49. The number of hydrogen-bond acceptors (Lipinski definition) is 8. The van der Waals surface area contributed by atoms with Crippen molar-refractivity contribution < 1.29 is 26.4 Å². The summed E-state index contributed by atoms with van der Waals surface area (Å²) in [6.07, 6.45) is -4.00. The van der Waals surface area contributed by atoms with E-state index in [-0.39, 0.29) is 54.4 Å². The van der Waals surface area contributed by atoms with Gasteiger partial charge in [0.25, 0.3) is 0 Å². The lowest BCUT2D eigenvalue weighted by Crippen LogP contribution is -2.52. The van der Waals surface area contributed by atoms with Crippen molar-refractivity contribution in [1.29, 1.82) is 0 Å². The number of carbonyl (C=O) groups excluding carboxylic acids is 1. The number of carbonyl (C=O) groups is 1. The highest BCUT2D eigenvalue weighted by Crippen LogP contribution is 2.39. The Kier molecular flexibility index (Phi) is 6.23. The fraction of sp³-hybridized carbons (Fsp3) is 0.588. The number of halogens is 4. The monoisotopic (exact) mass is 514 g/mol. The van der Waals surface area contributed by atoms with Gasteiger partial charge in [-0.1, -0.05) is 22.9 Å². The van der Waals surface area contributed by atoms with Crippen LogP contribution in [0.3, 0.4) is 0 Å². The van der Waals surface area contributed by atoms with Gasteiger partial charge in [-0.05, 0) is 25.0 Å². The lowest BCUT2D eigenvalue weighted by Gasteiger charge is -2.42. The molecular formula is C17H18ClF3N4O3S3. The van der Waals surface area contributed by atoms with E-state index >= 15 is 0 Å². The molecule has 0 radical (unpaired) electrons. The molecule has 1 atom stereocenters. The maximum absolute atomic E-state index is 13.2. The van der Waals surface area contributed by atoms with Gasteiger partial charge in [0.05, 0.1) is 21.9 Å². The van der Waals surface area contributed by atoms with Crippen LogP contribution in [0.25, 0.3) is 0 Å². The summed E-state index contributed by atoms with van der Waals surface area (Å²) in [4.78, 5) is 17.5. The Bertz CT molecular complexity index is 1060. The molecule has 31 heavy (non-hydrogen) atoms. The minimum atomic E-state index is -4.56. The van der Waals surface area contributed by atoms with Crippen LogP contribution in [-0.2, 0) is 20.8 Å². The van der Waals surface area contributed by atoms with Crippen LogP contribution in [0, 0.1) is 5.92 Å². The van der Waals surface area contributed by atoms with E-state index in [2.05, 4.69) is 10.2 Å². The van der Waals surface area contributed by atoms with Crippen LogP contribution in [0.1, 0.15) is 28.8 Å². The minimum absolute atomic E-state index is 0.0100. The number of sulfone groups is 1. The molecule has 2 aromatic heterocycles. The summed E-state index contributed by atoms with van der Waals surface area (Å²) in [5.41, 5.74) is 0. The molecule has 2 saturated heterocycles. The normalized spacial score (nSPS) is 22.6. The molecule has 0 N–H and O–H groups in total. The van der Waals surface area contributed by atoms with Crippen molar-refractivity contribution >= 4 is 55.2 Å². The van der Waals surface area contributed by atoms with E-state index in [0.717, 1.165) is 4.88 Å². The van der Waals surface area contributed by atoms with Crippen LogP contribution >= 0.6 is 34.3 Å². The van der Waals surface area contributed by atoms with Gasteiger partial charge in [-0.2, -0.15) is 13.2 Å². The van der Waals surface area contributed by atoms with Crippen molar-refractivity contribution in [2.45, 2.75) is 25.1 Å². The second-order valence-corrected chi connectivity index (χ2v) is 12.5. The van der Waals surface area contributed by atoms with Gasteiger partial charge in [-0.25, -0.2) is 8.42 Å². The third-order valence-electron chi connectivity index (χ3n) is 5.42. The van der Waals surface area contributed by atoms with Crippen molar-refractivity contribution in [3.05, 3.63) is 26.4 Å². The Balaban J connectivity index is 1.56. The van der Waals surface area contributed by atoms with Gasteiger partial charge in [0, 0.05) is 30.4 Å². The molecule has 1 amide bonds. The molecule has 170 valence electrons. The van der Waals surface area contributed by atoms with Gasteiger partial charge in [-0.15, -0.1) is 21.5 Å². The molecule has 0 bridgehead atoms. The van der Waals surface area contributed by atoms with Crippen molar-refractivity contribution in [1.82, 2.24) is 15.1 Å². The molecule has 0 saturated carbocycles. The van der Waals surface area contributed by atoms with Gasteiger partial charge in [0.1, 0.15) is 9.84 Å². The Morgan fingerprint density at radius 3 is 2.42 bits per heavy atom. The van der Waals surface area contributed by atoms with E-state index in [4.69, 9.17) is 11.6 Å². The predicted molar refractivity (Wildman–Crippen MR) is 112 cm³/mol. The zero-order valence-corrected chi connectivity index (χ0v) is 19.2. The summed E-state index contributed by atoms with van der Waals surface area (Å²) in [6.45, 7) is 0.835. The van der Waals surface area contributed by atoms with Crippen LogP contribution in [0.15, 0.2) is 12.1 Å². The zero-order chi connectivity index (χ0) is 22.4. The van der Waals surface area contributed by atoms with Crippen molar-refractivity contribution in [3.8, 4) is 0 Å². The minimum Gasteiger partial charge on any atom is -0.342 e. The molecule has 2 fully saturated rings. The second-order valence-electron chi connectivity index (χ2n) is 7.45. The van der Waals surface area contributed by atoms with Gasteiger partial charge in [0.2, 0.25) is 16.0 Å². The summed E-state index contributed by atoms with van der Waals surface area (Å²) >= 11 is 7.86. The van der Waals surface area contributed by atoms with Gasteiger partial charge in [-0.3, -0.25) is 4.79 Å². The molecule has 2 aromatic rings. The number of nitrogens with zero attached hydrogens (tertiary/aromatic N) is 4. The number of piperazine rings is 1.